The highest BCUT2D eigenvalue weighted by Gasteiger charge is 2.37. The van der Waals surface area contributed by atoms with Gasteiger partial charge < -0.3 is 5.32 Å². The third kappa shape index (κ3) is 4.26. The van der Waals surface area contributed by atoms with Gasteiger partial charge in [0.15, 0.2) is 0 Å². The minimum Gasteiger partial charge on any atom is -0.314 e. The monoisotopic (exact) mass is 345 g/mol. The van der Waals surface area contributed by atoms with Gasteiger partial charge in [-0.2, -0.15) is 0 Å². The van der Waals surface area contributed by atoms with E-state index in [1.807, 2.05) is 18.2 Å². The fourth-order valence-electron chi connectivity index (χ4n) is 3.03. The van der Waals surface area contributed by atoms with Crippen molar-refractivity contribution in [3.05, 3.63) is 34.3 Å². The standard InChI is InChI=1S/C16H22BrF2N/c1-2-20-15(11-13-5-3-4-6-14(13)17)12-7-9-16(18,19)10-8-12/h3-6,12,15,20H,2,7-11H2,1H3. The first-order valence-corrected chi connectivity index (χ1v) is 8.16. The summed E-state index contributed by atoms with van der Waals surface area (Å²) in [5.74, 6) is -2.10. The Morgan fingerprint density at radius 2 is 1.95 bits per heavy atom. The minimum atomic E-state index is -2.44. The average molecular weight is 346 g/mol. The van der Waals surface area contributed by atoms with Crippen molar-refractivity contribution in [3.8, 4) is 0 Å². The molecule has 1 aromatic carbocycles. The highest BCUT2D eigenvalue weighted by molar-refractivity contribution is 9.10. The molecule has 0 bridgehead atoms. The Morgan fingerprint density at radius 1 is 1.30 bits per heavy atom. The zero-order valence-electron chi connectivity index (χ0n) is 11.8. The largest absolute Gasteiger partial charge is 0.314 e. The van der Waals surface area contributed by atoms with Gasteiger partial charge in [-0.3, -0.25) is 0 Å². The summed E-state index contributed by atoms with van der Waals surface area (Å²) in [7, 11) is 0. The highest BCUT2D eigenvalue weighted by atomic mass is 79.9. The van der Waals surface area contributed by atoms with Crippen LogP contribution in [0.15, 0.2) is 28.7 Å². The molecule has 0 radical (unpaired) electrons. The minimum absolute atomic E-state index is 0.0372. The van der Waals surface area contributed by atoms with Gasteiger partial charge >= 0.3 is 0 Å². The van der Waals surface area contributed by atoms with Gasteiger partial charge in [0.1, 0.15) is 0 Å². The van der Waals surface area contributed by atoms with Gasteiger partial charge in [-0.05, 0) is 43.4 Å². The summed E-state index contributed by atoms with van der Waals surface area (Å²) in [6, 6.07) is 8.45. The predicted molar refractivity (Wildman–Crippen MR) is 82.2 cm³/mol. The summed E-state index contributed by atoms with van der Waals surface area (Å²) >= 11 is 3.57. The van der Waals surface area contributed by atoms with E-state index in [1.54, 1.807) is 0 Å². The first-order chi connectivity index (χ1) is 9.52. The second-order valence-corrected chi connectivity index (χ2v) is 6.51. The van der Waals surface area contributed by atoms with Crippen LogP contribution < -0.4 is 5.32 Å². The van der Waals surface area contributed by atoms with E-state index in [4.69, 9.17) is 0 Å². The molecule has 1 N–H and O–H groups in total. The molecular formula is C16H22BrF2N. The topological polar surface area (TPSA) is 12.0 Å². The summed E-state index contributed by atoms with van der Waals surface area (Å²) in [5, 5.41) is 3.49. The van der Waals surface area contributed by atoms with E-state index in [-0.39, 0.29) is 18.9 Å². The van der Waals surface area contributed by atoms with E-state index in [9.17, 15) is 8.78 Å². The molecule has 112 valence electrons. The van der Waals surface area contributed by atoms with Crippen LogP contribution in [0, 0.1) is 5.92 Å². The summed E-state index contributed by atoms with van der Waals surface area (Å²) in [4.78, 5) is 0. The molecular weight excluding hydrogens is 324 g/mol. The first-order valence-electron chi connectivity index (χ1n) is 7.36. The van der Waals surface area contributed by atoms with Crippen LogP contribution in [0.4, 0.5) is 8.78 Å². The third-order valence-corrected chi connectivity index (χ3v) is 4.97. The van der Waals surface area contributed by atoms with Crippen molar-refractivity contribution in [1.82, 2.24) is 5.32 Å². The molecule has 2 rings (SSSR count). The Bertz CT molecular complexity index is 426. The molecule has 0 aliphatic heterocycles. The van der Waals surface area contributed by atoms with Crippen molar-refractivity contribution in [2.24, 2.45) is 5.92 Å². The van der Waals surface area contributed by atoms with Crippen molar-refractivity contribution in [2.75, 3.05) is 6.54 Å². The van der Waals surface area contributed by atoms with E-state index in [2.05, 4.69) is 34.2 Å². The zero-order chi connectivity index (χ0) is 14.6. The van der Waals surface area contributed by atoms with Crippen LogP contribution in [0.1, 0.15) is 38.2 Å². The molecule has 4 heteroatoms. The maximum Gasteiger partial charge on any atom is 0.248 e. The van der Waals surface area contributed by atoms with Crippen LogP contribution in [-0.2, 0) is 6.42 Å². The molecule has 1 nitrogen and oxygen atoms in total. The van der Waals surface area contributed by atoms with Crippen molar-refractivity contribution in [1.29, 1.82) is 0 Å². The highest BCUT2D eigenvalue weighted by Crippen LogP contribution is 2.38. The lowest BCUT2D eigenvalue weighted by Gasteiger charge is -2.34. The number of alkyl halides is 2. The molecule has 1 atom stereocenters. The summed E-state index contributed by atoms with van der Waals surface area (Å²) in [5.41, 5.74) is 1.25. The molecule has 0 aromatic heterocycles. The second kappa shape index (κ2) is 6.99. The Morgan fingerprint density at radius 3 is 2.55 bits per heavy atom. The van der Waals surface area contributed by atoms with Crippen LogP contribution in [0.25, 0.3) is 0 Å². The Kier molecular flexibility index (Phi) is 5.56. The van der Waals surface area contributed by atoms with E-state index in [1.165, 1.54) is 5.56 Å². The summed E-state index contributed by atoms with van der Waals surface area (Å²) in [6.45, 7) is 2.95. The SMILES string of the molecule is CCNC(Cc1ccccc1Br)C1CCC(F)(F)CC1. The van der Waals surface area contributed by atoms with Crippen LogP contribution in [0.5, 0.6) is 0 Å². The quantitative estimate of drug-likeness (QED) is 0.808. The second-order valence-electron chi connectivity index (χ2n) is 5.65. The molecule has 1 saturated carbocycles. The van der Waals surface area contributed by atoms with Crippen LogP contribution >= 0.6 is 15.9 Å². The smallest absolute Gasteiger partial charge is 0.248 e. The van der Waals surface area contributed by atoms with Crippen molar-refractivity contribution < 1.29 is 8.78 Å². The molecule has 0 saturated heterocycles. The molecule has 1 fully saturated rings. The zero-order valence-corrected chi connectivity index (χ0v) is 13.4. The lowest BCUT2D eigenvalue weighted by Crippen LogP contribution is -2.41. The molecule has 0 heterocycles. The van der Waals surface area contributed by atoms with Gasteiger partial charge in [-0.25, -0.2) is 8.78 Å². The molecule has 1 aliphatic carbocycles. The molecule has 1 unspecified atom stereocenters. The number of hydrogen-bond acceptors (Lipinski definition) is 1. The molecule has 0 spiro atoms. The predicted octanol–water partition coefficient (Wildman–Crippen LogP) is 4.80. The Labute approximate surface area is 128 Å². The Balaban J connectivity index is 2.02. The van der Waals surface area contributed by atoms with E-state index >= 15 is 0 Å². The summed E-state index contributed by atoms with van der Waals surface area (Å²) < 4.78 is 27.7. The van der Waals surface area contributed by atoms with Crippen LogP contribution in [0.2, 0.25) is 0 Å². The summed E-state index contributed by atoms with van der Waals surface area (Å²) in [6.07, 6.45) is 2.21. The van der Waals surface area contributed by atoms with Gasteiger partial charge in [0.2, 0.25) is 5.92 Å². The lowest BCUT2D eigenvalue weighted by atomic mass is 9.80. The van der Waals surface area contributed by atoms with Crippen LogP contribution in [0.3, 0.4) is 0 Å². The van der Waals surface area contributed by atoms with E-state index in [0.29, 0.717) is 18.8 Å². The molecule has 20 heavy (non-hydrogen) atoms. The average Bonchev–Trinajstić information content (AvgIpc) is 2.41. The van der Waals surface area contributed by atoms with Gasteiger partial charge in [0, 0.05) is 23.4 Å². The molecule has 1 aliphatic rings. The van der Waals surface area contributed by atoms with Crippen LogP contribution in [-0.4, -0.2) is 18.5 Å². The van der Waals surface area contributed by atoms with E-state index < -0.39 is 5.92 Å². The number of likely N-dealkylation sites (N-methyl/N-ethyl adjacent to an activating group) is 1. The first kappa shape index (κ1) is 15.9. The van der Waals surface area contributed by atoms with E-state index in [0.717, 1.165) is 17.4 Å². The van der Waals surface area contributed by atoms with Gasteiger partial charge in [0.05, 0.1) is 0 Å². The third-order valence-electron chi connectivity index (χ3n) is 4.19. The van der Waals surface area contributed by atoms with Crippen molar-refractivity contribution in [3.63, 3.8) is 0 Å². The maximum absolute atomic E-state index is 13.3. The molecule has 0 amide bonds. The van der Waals surface area contributed by atoms with Gasteiger partial charge in [-0.15, -0.1) is 0 Å². The fraction of sp³-hybridized carbons (Fsp3) is 0.625. The van der Waals surface area contributed by atoms with Gasteiger partial charge in [-0.1, -0.05) is 41.1 Å². The number of nitrogens with one attached hydrogen (secondary N) is 1. The number of halogens is 3. The van der Waals surface area contributed by atoms with Crippen molar-refractivity contribution >= 4 is 15.9 Å². The molecule has 1 aromatic rings. The lowest BCUT2D eigenvalue weighted by molar-refractivity contribution is -0.0494. The number of rotatable bonds is 5. The fourth-order valence-corrected chi connectivity index (χ4v) is 3.48. The normalized spacial score (nSPS) is 20.8. The number of benzene rings is 1. The van der Waals surface area contributed by atoms with Gasteiger partial charge in [0.25, 0.3) is 0 Å². The maximum atomic E-state index is 13.3. The van der Waals surface area contributed by atoms with Crippen molar-refractivity contribution in [2.45, 2.75) is 51.0 Å². The number of hydrogen-bond donors (Lipinski definition) is 1. The Hall–Kier alpha value is -0.480.